The maximum absolute atomic E-state index is 13.8. The summed E-state index contributed by atoms with van der Waals surface area (Å²) < 4.78 is 12.9. The lowest BCUT2D eigenvalue weighted by atomic mass is 9.98. The molecule has 2 atom stereocenters. The molecule has 3 aromatic carbocycles. The van der Waals surface area contributed by atoms with Gasteiger partial charge in [0.05, 0.1) is 11.6 Å². The lowest BCUT2D eigenvalue weighted by Crippen LogP contribution is -2.48. The molecule has 5 aromatic rings. The number of hydrogen-bond acceptors (Lipinski definition) is 8. The van der Waals surface area contributed by atoms with Crippen LogP contribution in [0.15, 0.2) is 71.5 Å². The number of rotatable bonds is 7. The SMILES string of the molecule is Cc1ccc(C)c2[nH]c(=O)c(C(c3nnnn3C(C)c3ccccc3)N3CCN(Cc4ccc5c(c4)OCO5)CC3)cc12. The Morgan fingerprint density at radius 3 is 2.49 bits per heavy atom. The topological polar surface area (TPSA) is 101 Å². The van der Waals surface area contributed by atoms with Crippen LogP contribution in [0.2, 0.25) is 0 Å². The highest BCUT2D eigenvalue weighted by molar-refractivity contribution is 5.85. The lowest BCUT2D eigenvalue weighted by Gasteiger charge is -2.39. The quantitative estimate of drug-likeness (QED) is 0.304. The van der Waals surface area contributed by atoms with Crippen LogP contribution < -0.4 is 15.0 Å². The molecule has 43 heavy (non-hydrogen) atoms. The van der Waals surface area contributed by atoms with Crippen molar-refractivity contribution in [2.75, 3.05) is 33.0 Å². The summed E-state index contributed by atoms with van der Waals surface area (Å²) in [6.07, 6.45) is 0. The Morgan fingerprint density at radius 1 is 0.907 bits per heavy atom. The third-order valence-electron chi connectivity index (χ3n) is 8.79. The van der Waals surface area contributed by atoms with Crippen LogP contribution >= 0.6 is 0 Å². The number of tetrazole rings is 1. The molecule has 2 unspecified atom stereocenters. The second kappa shape index (κ2) is 11.3. The Labute approximate surface area is 249 Å². The number of piperazine rings is 1. The van der Waals surface area contributed by atoms with Gasteiger partial charge < -0.3 is 14.5 Å². The van der Waals surface area contributed by atoms with Crippen LogP contribution in [0.25, 0.3) is 10.9 Å². The molecule has 7 rings (SSSR count). The summed E-state index contributed by atoms with van der Waals surface area (Å²) in [7, 11) is 0. The standard InChI is InChI=1S/C33H35N7O3/c1-21-9-10-22(2)30-26(21)18-27(33(41)34-30)31(32-35-36-37-40(32)23(3)25-7-5-4-6-8-25)39-15-13-38(14-16-39)19-24-11-12-28-29(17-24)43-20-42-28/h4-12,17-18,23,31H,13-16,19-20H2,1-3H3,(H,34,41). The van der Waals surface area contributed by atoms with E-state index in [1.165, 1.54) is 5.56 Å². The number of fused-ring (bicyclic) bond motifs is 2. The smallest absolute Gasteiger partial charge is 0.253 e. The summed E-state index contributed by atoms with van der Waals surface area (Å²) in [6, 6.07) is 22.0. The van der Waals surface area contributed by atoms with E-state index in [2.05, 4.69) is 74.5 Å². The third kappa shape index (κ3) is 5.17. The van der Waals surface area contributed by atoms with Gasteiger partial charge in [0.25, 0.3) is 5.56 Å². The molecule has 0 amide bonds. The molecule has 10 heteroatoms. The van der Waals surface area contributed by atoms with E-state index in [1.54, 1.807) is 0 Å². The van der Waals surface area contributed by atoms with E-state index in [1.807, 2.05) is 48.0 Å². The molecule has 220 valence electrons. The van der Waals surface area contributed by atoms with E-state index in [9.17, 15) is 4.79 Å². The Hall–Kier alpha value is -4.54. The zero-order valence-corrected chi connectivity index (χ0v) is 24.7. The largest absolute Gasteiger partial charge is 0.454 e. The summed E-state index contributed by atoms with van der Waals surface area (Å²) >= 11 is 0. The molecule has 2 aliphatic rings. The average molecular weight is 578 g/mol. The minimum absolute atomic E-state index is 0.107. The molecule has 0 spiro atoms. The van der Waals surface area contributed by atoms with Crippen molar-refractivity contribution in [1.82, 2.24) is 35.0 Å². The Balaban J connectivity index is 1.23. The Morgan fingerprint density at radius 2 is 1.67 bits per heavy atom. The van der Waals surface area contributed by atoms with Crippen LogP contribution in [0.3, 0.4) is 0 Å². The van der Waals surface area contributed by atoms with Crippen molar-refractivity contribution < 1.29 is 9.47 Å². The highest BCUT2D eigenvalue weighted by Gasteiger charge is 2.34. The summed E-state index contributed by atoms with van der Waals surface area (Å²) in [5.41, 5.74) is 5.85. The Bertz CT molecular complexity index is 1830. The number of aromatic amines is 1. The maximum Gasteiger partial charge on any atom is 0.253 e. The fourth-order valence-electron chi connectivity index (χ4n) is 6.30. The highest BCUT2D eigenvalue weighted by Crippen LogP contribution is 2.34. The van der Waals surface area contributed by atoms with Gasteiger partial charge in [-0.3, -0.25) is 14.6 Å². The fraction of sp³-hybridized carbons (Fsp3) is 0.333. The summed E-state index contributed by atoms with van der Waals surface area (Å²) in [5.74, 6) is 2.26. The lowest BCUT2D eigenvalue weighted by molar-refractivity contribution is 0.0993. The monoisotopic (exact) mass is 577 g/mol. The molecule has 4 heterocycles. The molecule has 0 saturated carbocycles. The number of benzene rings is 3. The molecular weight excluding hydrogens is 542 g/mol. The van der Waals surface area contributed by atoms with Gasteiger partial charge in [0, 0.05) is 43.7 Å². The van der Waals surface area contributed by atoms with Crippen LogP contribution in [-0.4, -0.2) is 68.0 Å². The predicted molar refractivity (Wildman–Crippen MR) is 163 cm³/mol. The normalized spacial score (nSPS) is 16.9. The Kier molecular flexibility index (Phi) is 7.16. The van der Waals surface area contributed by atoms with Gasteiger partial charge in [-0.1, -0.05) is 48.5 Å². The van der Waals surface area contributed by atoms with Crippen molar-refractivity contribution in [3.05, 3.63) is 111 Å². The number of pyridine rings is 1. The molecule has 2 aliphatic heterocycles. The number of nitrogens with zero attached hydrogens (tertiary/aromatic N) is 6. The molecule has 0 radical (unpaired) electrons. The molecular formula is C33H35N7O3. The van der Waals surface area contributed by atoms with E-state index in [0.29, 0.717) is 11.4 Å². The van der Waals surface area contributed by atoms with Crippen molar-refractivity contribution in [2.45, 2.75) is 39.4 Å². The molecule has 0 aliphatic carbocycles. The van der Waals surface area contributed by atoms with Crippen LogP contribution in [0.4, 0.5) is 0 Å². The van der Waals surface area contributed by atoms with Crippen LogP contribution in [0.5, 0.6) is 11.5 Å². The first-order valence-corrected chi connectivity index (χ1v) is 14.8. The molecule has 1 N–H and O–H groups in total. The van der Waals surface area contributed by atoms with Gasteiger partial charge in [-0.15, -0.1) is 5.10 Å². The van der Waals surface area contributed by atoms with Crippen LogP contribution in [-0.2, 0) is 6.54 Å². The molecule has 0 bridgehead atoms. The fourth-order valence-corrected chi connectivity index (χ4v) is 6.30. The molecule has 2 aromatic heterocycles. The van der Waals surface area contributed by atoms with E-state index in [0.717, 1.165) is 71.8 Å². The van der Waals surface area contributed by atoms with Crippen molar-refractivity contribution in [2.24, 2.45) is 0 Å². The zero-order chi connectivity index (χ0) is 29.5. The van der Waals surface area contributed by atoms with Gasteiger partial charge in [0.1, 0.15) is 6.04 Å². The summed E-state index contributed by atoms with van der Waals surface area (Å²) in [4.78, 5) is 21.8. The summed E-state index contributed by atoms with van der Waals surface area (Å²) in [5, 5.41) is 14.2. The zero-order valence-electron chi connectivity index (χ0n) is 24.7. The second-order valence-electron chi connectivity index (χ2n) is 11.5. The third-order valence-corrected chi connectivity index (χ3v) is 8.79. The van der Waals surface area contributed by atoms with Gasteiger partial charge in [-0.2, -0.15) is 0 Å². The first-order valence-electron chi connectivity index (χ1n) is 14.8. The minimum Gasteiger partial charge on any atom is -0.454 e. The van der Waals surface area contributed by atoms with Gasteiger partial charge in [0.2, 0.25) is 6.79 Å². The van der Waals surface area contributed by atoms with Gasteiger partial charge in [-0.25, -0.2) is 4.68 Å². The summed E-state index contributed by atoms with van der Waals surface area (Å²) in [6.45, 7) is 10.5. The van der Waals surface area contributed by atoms with Crippen LogP contribution in [0.1, 0.15) is 52.6 Å². The molecule has 1 saturated heterocycles. The van der Waals surface area contributed by atoms with E-state index in [4.69, 9.17) is 9.47 Å². The van der Waals surface area contributed by atoms with Crippen molar-refractivity contribution in [3.63, 3.8) is 0 Å². The average Bonchev–Trinajstić information content (AvgIpc) is 3.71. The number of aromatic nitrogens is 5. The minimum atomic E-state index is -0.415. The van der Waals surface area contributed by atoms with Crippen molar-refractivity contribution >= 4 is 10.9 Å². The van der Waals surface area contributed by atoms with Gasteiger partial charge >= 0.3 is 0 Å². The van der Waals surface area contributed by atoms with E-state index < -0.39 is 6.04 Å². The second-order valence-corrected chi connectivity index (χ2v) is 11.5. The number of H-pyrrole nitrogens is 1. The molecule has 1 fully saturated rings. The maximum atomic E-state index is 13.8. The van der Waals surface area contributed by atoms with Gasteiger partial charge in [-0.05, 0) is 71.7 Å². The number of ether oxygens (including phenoxy) is 2. The number of aryl methyl sites for hydroxylation is 2. The highest BCUT2D eigenvalue weighted by atomic mass is 16.7. The number of nitrogens with one attached hydrogen (secondary N) is 1. The van der Waals surface area contributed by atoms with Crippen molar-refractivity contribution in [1.29, 1.82) is 0 Å². The number of hydrogen-bond donors (Lipinski definition) is 1. The predicted octanol–water partition coefficient (Wildman–Crippen LogP) is 4.38. The first-order chi connectivity index (χ1) is 21.0. The van der Waals surface area contributed by atoms with Crippen LogP contribution in [0, 0.1) is 13.8 Å². The van der Waals surface area contributed by atoms with E-state index in [-0.39, 0.29) is 18.4 Å². The van der Waals surface area contributed by atoms with E-state index >= 15 is 0 Å². The molecule has 10 nitrogen and oxygen atoms in total. The van der Waals surface area contributed by atoms with Gasteiger partial charge in [0.15, 0.2) is 17.3 Å². The first kappa shape index (κ1) is 27.3. The van der Waals surface area contributed by atoms with Crippen molar-refractivity contribution in [3.8, 4) is 11.5 Å².